The zero-order valence-electron chi connectivity index (χ0n) is 13.1. The molecule has 0 saturated carbocycles. The van der Waals surface area contributed by atoms with Gasteiger partial charge in [-0.3, -0.25) is 0 Å². The van der Waals surface area contributed by atoms with Gasteiger partial charge < -0.3 is 5.32 Å². The summed E-state index contributed by atoms with van der Waals surface area (Å²) in [6.07, 6.45) is 12.6. The predicted molar refractivity (Wildman–Crippen MR) is 95.5 cm³/mol. The molecule has 1 aliphatic rings. The summed E-state index contributed by atoms with van der Waals surface area (Å²) >= 11 is 0. The number of aryl methyl sites for hydroxylation is 1. The van der Waals surface area contributed by atoms with E-state index in [0.717, 1.165) is 0 Å². The number of rotatable bonds is 3. The summed E-state index contributed by atoms with van der Waals surface area (Å²) in [4.78, 5) is 0. The maximum absolute atomic E-state index is 3.42. The molecule has 0 amide bonds. The first-order valence-electron chi connectivity index (χ1n) is 7.71. The molecule has 1 N–H and O–H groups in total. The second kappa shape index (κ2) is 6.48. The minimum atomic E-state index is 0.224. The molecule has 2 aromatic carbocycles. The van der Waals surface area contributed by atoms with Crippen molar-refractivity contribution in [2.45, 2.75) is 19.9 Å². The Balaban J connectivity index is 2.05. The quantitative estimate of drug-likeness (QED) is 0.796. The average molecular weight is 287 g/mol. The van der Waals surface area contributed by atoms with Crippen molar-refractivity contribution < 1.29 is 0 Å². The fourth-order valence-electron chi connectivity index (χ4n) is 2.74. The maximum Gasteiger partial charge on any atom is 0.0701 e. The lowest BCUT2D eigenvalue weighted by Gasteiger charge is -2.20. The van der Waals surface area contributed by atoms with Gasteiger partial charge in [0.15, 0.2) is 0 Å². The van der Waals surface area contributed by atoms with Crippen LogP contribution in [0, 0.1) is 6.92 Å². The summed E-state index contributed by atoms with van der Waals surface area (Å²) in [5.41, 5.74) is 6.37. The van der Waals surface area contributed by atoms with Crippen molar-refractivity contribution in [1.82, 2.24) is 5.32 Å². The van der Waals surface area contributed by atoms with Crippen LogP contribution in [-0.4, -0.2) is 0 Å². The van der Waals surface area contributed by atoms with Crippen LogP contribution < -0.4 is 5.32 Å². The summed E-state index contributed by atoms with van der Waals surface area (Å²) in [6.45, 7) is 4.18. The summed E-state index contributed by atoms with van der Waals surface area (Å²) in [5.74, 6) is 0. The van der Waals surface area contributed by atoms with E-state index in [4.69, 9.17) is 0 Å². The Labute approximate surface area is 132 Å². The molecule has 0 aliphatic carbocycles. The minimum Gasteiger partial charge on any atom is -0.381 e. The lowest BCUT2D eigenvalue weighted by Crippen LogP contribution is -2.16. The Morgan fingerprint density at radius 3 is 2.41 bits per heavy atom. The molecule has 1 atom stereocenters. The van der Waals surface area contributed by atoms with Crippen LogP contribution in [0.2, 0.25) is 0 Å². The molecule has 1 heterocycles. The second-order valence-corrected chi connectivity index (χ2v) is 5.60. The highest BCUT2D eigenvalue weighted by atomic mass is 14.9. The maximum atomic E-state index is 3.42. The normalized spacial score (nSPS) is 16.9. The summed E-state index contributed by atoms with van der Waals surface area (Å²) < 4.78 is 0. The highest BCUT2D eigenvalue weighted by Gasteiger charge is 2.12. The third-order valence-electron chi connectivity index (χ3n) is 3.94. The van der Waals surface area contributed by atoms with Gasteiger partial charge in [0.2, 0.25) is 0 Å². The van der Waals surface area contributed by atoms with Gasteiger partial charge in [-0.2, -0.15) is 0 Å². The van der Waals surface area contributed by atoms with Crippen molar-refractivity contribution in [2.24, 2.45) is 0 Å². The van der Waals surface area contributed by atoms with E-state index in [-0.39, 0.29) is 6.04 Å². The van der Waals surface area contributed by atoms with E-state index < -0.39 is 0 Å². The van der Waals surface area contributed by atoms with E-state index in [1.807, 2.05) is 12.3 Å². The molecule has 0 spiro atoms. The van der Waals surface area contributed by atoms with Gasteiger partial charge in [0.1, 0.15) is 0 Å². The van der Waals surface area contributed by atoms with Gasteiger partial charge in [0.05, 0.1) is 6.04 Å². The van der Waals surface area contributed by atoms with Gasteiger partial charge in [0.25, 0.3) is 0 Å². The molecule has 110 valence electrons. The Hall–Kier alpha value is -2.54. The topological polar surface area (TPSA) is 12.0 Å². The molecule has 1 aliphatic heterocycles. The predicted octanol–water partition coefficient (Wildman–Crippen LogP) is 5.41. The van der Waals surface area contributed by atoms with Gasteiger partial charge in [-0.25, -0.2) is 0 Å². The molecule has 1 heteroatoms. The van der Waals surface area contributed by atoms with Crippen molar-refractivity contribution in [1.29, 1.82) is 0 Å². The molecule has 3 rings (SSSR count). The average Bonchev–Trinajstić information content (AvgIpc) is 2.57. The minimum absolute atomic E-state index is 0.224. The van der Waals surface area contributed by atoms with Crippen molar-refractivity contribution in [3.05, 3.63) is 89.7 Å². The summed E-state index contributed by atoms with van der Waals surface area (Å²) in [6, 6.07) is 15.6. The van der Waals surface area contributed by atoms with E-state index in [1.165, 1.54) is 27.8 Å². The van der Waals surface area contributed by atoms with E-state index >= 15 is 0 Å². The third kappa shape index (κ3) is 3.04. The van der Waals surface area contributed by atoms with Gasteiger partial charge in [-0.1, -0.05) is 66.3 Å². The third-order valence-corrected chi connectivity index (χ3v) is 3.94. The molecule has 0 saturated heterocycles. The van der Waals surface area contributed by atoms with Crippen LogP contribution in [0.15, 0.2) is 73.0 Å². The van der Waals surface area contributed by atoms with Crippen LogP contribution >= 0.6 is 0 Å². The Bertz CT molecular complexity index is 733. The van der Waals surface area contributed by atoms with Gasteiger partial charge in [0, 0.05) is 0 Å². The molecule has 0 fully saturated rings. The fraction of sp³-hybridized carbons (Fsp3) is 0.143. The number of hydrogen-bond donors (Lipinski definition) is 1. The van der Waals surface area contributed by atoms with E-state index in [1.54, 1.807) is 0 Å². The van der Waals surface area contributed by atoms with Crippen LogP contribution in [0.3, 0.4) is 0 Å². The zero-order valence-corrected chi connectivity index (χ0v) is 13.1. The monoisotopic (exact) mass is 287 g/mol. The standard InChI is InChI=1S/C21H21N/c1-3-6-18-12-13-19(17-10-8-16(2)9-11-17)15-20(18)21-7-4-5-14-22-21/h3-15,21-22H,1-2H3/b6-3-. The second-order valence-electron chi connectivity index (χ2n) is 5.60. The van der Waals surface area contributed by atoms with Gasteiger partial charge in [-0.15, -0.1) is 0 Å². The molecular formula is C21H21N. The Morgan fingerprint density at radius 1 is 0.955 bits per heavy atom. The molecule has 0 bridgehead atoms. The Morgan fingerprint density at radius 2 is 1.73 bits per heavy atom. The van der Waals surface area contributed by atoms with E-state index in [2.05, 4.69) is 85.9 Å². The molecular weight excluding hydrogens is 266 g/mol. The zero-order chi connectivity index (χ0) is 15.4. The molecule has 22 heavy (non-hydrogen) atoms. The molecule has 2 aromatic rings. The number of benzene rings is 2. The van der Waals surface area contributed by atoms with Crippen molar-refractivity contribution in [2.75, 3.05) is 0 Å². The van der Waals surface area contributed by atoms with Gasteiger partial charge in [-0.05, 0) is 54.4 Å². The molecule has 0 radical (unpaired) electrons. The van der Waals surface area contributed by atoms with Crippen molar-refractivity contribution >= 4 is 6.08 Å². The molecule has 1 unspecified atom stereocenters. The fourth-order valence-corrected chi connectivity index (χ4v) is 2.74. The lowest BCUT2D eigenvalue weighted by molar-refractivity contribution is 0.745. The SMILES string of the molecule is C/C=C\c1ccc(-c2ccc(C)cc2)cc1C1C=CC=CN1. The van der Waals surface area contributed by atoms with Crippen LogP contribution in [-0.2, 0) is 0 Å². The first kappa shape index (κ1) is 14.4. The summed E-state index contributed by atoms with van der Waals surface area (Å²) in [7, 11) is 0. The van der Waals surface area contributed by atoms with Crippen LogP contribution in [0.25, 0.3) is 17.2 Å². The number of hydrogen-bond acceptors (Lipinski definition) is 1. The highest BCUT2D eigenvalue weighted by Crippen LogP contribution is 2.29. The largest absolute Gasteiger partial charge is 0.381 e. The van der Waals surface area contributed by atoms with Crippen LogP contribution in [0.1, 0.15) is 29.7 Å². The number of nitrogens with one attached hydrogen (secondary N) is 1. The number of dihydropyridines is 1. The molecule has 0 aromatic heterocycles. The van der Waals surface area contributed by atoms with Crippen molar-refractivity contribution in [3.8, 4) is 11.1 Å². The van der Waals surface area contributed by atoms with Crippen LogP contribution in [0.5, 0.6) is 0 Å². The van der Waals surface area contributed by atoms with Gasteiger partial charge >= 0.3 is 0 Å². The first-order valence-corrected chi connectivity index (χ1v) is 7.71. The van der Waals surface area contributed by atoms with Crippen LogP contribution in [0.4, 0.5) is 0 Å². The number of allylic oxidation sites excluding steroid dienone is 3. The smallest absolute Gasteiger partial charge is 0.0701 e. The lowest BCUT2D eigenvalue weighted by atomic mass is 9.93. The van der Waals surface area contributed by atoms with E-state index in [9.17, 15) is 0 Å². The van der Waals surface area contributed by atoms with Crippen molar-refractivity contribution in [3.63, 3.8) is 0 Å². The van der Waals surface area contributed by atoms with E-state index in [0.29, 0.717) is 0 Å². The Kier molecular flexibility index (Phi) is 4.24. The first-order chi connectivity index (χ1) is 10.8. The molecule has 1 nitrogen and oxygen atoms in total. The highest BCUT2D eigenvalue weighted by molar-refractivity contribution is 5.69. The summed E-state index contributed by atoms with van der Waals surface area (Å²) in [5, 5.41) is 3.42.